The molecule has 0 aromatic rings. The average molecular weight is 285 g/mol. The van der Waals surface area contributed by atoms with Gasteiger partial charge in [-0.25, -0.2) is 4.79 Å². The van der Waals surface area contributed by atoms with Gasteiger partial charge in [0.15, 0.2) is 5.78 Å². The van der Waals surface area contributed by atoms with Crippen molar-refractivity contribution in [1.29, 1.82) is 0 Å². The van der Waals surface area contributed by atoms with Crippen LogP contribution in [0.25, 0.3) is 0 Å². The van der Waals surface area contributed by atoms with E-state index in [0.717, 1.165) is 0 Å². The highest BCUT2D eigenvalue weighted by Crippen LogP contribution is 2.26. The number of carbonyl (C=O) groups excluding carboxylic acids is 2. The number of alkyl halides is 3. The van der Waals surface area contributed by atoms with Crippen molar-refractivity contribution in [2.45, 2.75) is 3.79 Å². The summed E-state index contributed by atoms with van der Waals surface area (Å²) in [6, 6.07) is 0. The summed E-state index contributed by atoms with van der Waals surface area (Å²) in [5.74, 6) is -0.198. The molecule has 1 heterocycles. The lowest BCUT2D eigenvalue weighted by Crippen LogP contribution is -2.29. The Hall–Kier alpha value is -0.710. The van der Waals surface area contributed by atoms with E-state index in [1.807, 2.05) is 0 Å². The number of rotatable bonds is 1. The molecule has 4 nitrogen and oxygen atoms in total. The zero-order valence-corrected chi connectivity index (χ0v) is 10.3. The predicted octanol–water partition coefficient (Wildman–Crippen LogP) is 2.45. The summed E-state index contributed by atoms with van der Waals surface area (Å²) < 4.78 is 3.09. The van der Waals surface area contributed by atoms with Crippen LogP contribution in [0.2, 0.25) is 0 Å². The van der Waals surface area contributed by atoms with Crippen molar-refractivity contribution in [3.8, 4) is 0 Å². The maximum atomic E-state index is 11.4. The summed E-state index contributed by atoms with van der Waals surface area (Å²) in [6.45, 7) is -0.112. The van der Waals surface area contributed by atoms with Crippen LogP contribution in [0.3, 0.4) is 0 Å². The van der Waals surface area contributed by atoms with E-state index in [1.165, 1.54) is 23.3 Å². The van der Waals surface area contributed by atoms with Gasteiger partial charge in [0.05, 0.1) is 0 Å². The fourth-order valence-electron chi connectivity index (χ4n) is 0.924. The van der Waals surface area contributed by atoms with Crippen LogP contribution in [0.15, 0.2) is 24.4 Å². The molecule has 1 rings (SSSR count). The minimum absolute atomic E-state index is 0.198. The molecule has 1 aliphatic rings. The van der Waals surface area contributed by atoms with E-state index < -0.39 is 9.89 Å². The van der Waals surface area contributed by atoms with Crippen LogP contribution in [-0.2, 0) is 9.53 Å². The summed E-state index contributed by atoms with van der Waals surface area (Å²) in [4.78, 5) is 23.6. The van der Waals surface area contributed by atoms with Gasteiger partial charge >= 0.3 is 6.09 Å². The predicted molar refractivity (Wildman–Crippen MR) is 61.6 cm³/mol. The molecule has 0 N–H and O–H groups in total. The standard InChI is InChI=1S/C9H8Cl3NO3/c10-9(11,12)6-16-8(15)13-4-1-2-7(14)3-5-13/h1-3,5H,4,6H2. The van der Waals surface area contributed by atoms with Gasteiger partial charge in [0.2, 0.25) is 3.79 Å². The van der Waals surface area contributed by atoms with E-state index in [9.17, 15) is 9.59 Å². The highest BCUT2D eigenvalue weighted by Gasteiger charge is 2.23. The number of ketones is 1. The lowest BCUT2D eigenvalue weighted by molar-refractivity contribution is -0.110. The smallest absolute Gasteiger partial charge is 0.414 e. The minimum Gasteiger partial charge on any atom is -0.445 e. The van der Waals surface area contributed by atoms with E-state index in [0.29, 0.717) is 0 Å². The third-order valence-corrected chi connectivity index (χ3v) is 1.92. The second-order valence-electron chi connectivity index (χ2n) is 2.94. The highest BCUT2D eigenvalue weighted by atomic mass is 35.6. The molecule has 0 spiro atoms. The van der Waals surface area contributed by atoms with E-state index in [2.05, 4.69) is 0 Å². The van der Waals surface area contributed by atoms with Crippen molar-refractivity contribution in [2.24, 2.45) is 0 Å². The normalized spacial score (nSPS) is 16.2. The lowest BCUT2D eigenvalue weighted by Gasteiger charge is -2.17. The molecule has 7 heteroatoms. The van der Waals surface area contributed by atoms with Crippen molar-refractivity contribution < 1.29 is 14.3 Å². The Labute approximate surface area is 107 Å². The van der Waals surface area contributed by atoms with Crippen LogP contribution in [0.5, 0.6) is 0 Å². The van der Waals surface area contributed by atoms with Gasteiger partial charge < -0.3 is 4.74 Å². The van der Waals surface area contributed by atoms with Crippen LogP contribution in [-0.4, -0.2) is 33.7 Å². The highest BCUT2D eigenvalue weighted by molar-refractivity contribution is 6.67. The maximum Gasteiger partial charge on any atom is 0.414 e. The molecular weight excluding hydrogens is 276 g/mol. The van der Waals surface area contributed by atoms with Crippen LogP contribution < -0.4 is 0 Å². The molecule has 16 heavy (non-hydrogen) atoms. The zero-order valence-electron chi connectivity index (χ0n) is 8.03. The monoisotopic (exact) mass is 283 g/mol. The maximum absolute atomic E-state index is 11.4. The zero-order chi connectivity index (χ0) is 12.2. The first-order chi connectivity index (χ1) is 7.38. The number of halogens is 3. The molecule has 0 saturated heterocycles. The Morgan fingerprint density at radius 1 is 1.44 bits per heavy atom. The van der Waals surface area contributed by atoms with Gasteiger partial charge in [0.25, 0.3) is 0 Å². The number of hydrogen-bond donors (Lipinski definition) is 0. The van der Waals surface area contributed by atoms with Crippen LogP contribution >= 0.6 is 34.8 Å². The molecule has 0 aliphatic carbocycles. The van der Waals surface area contributed by atoms with Crippen molar-refractivity contribution in [2.75, 3.05) is 13.2 Å². The van der Waals surface area contributed by atoms with Crippen LogP contribution in [0.4, 0.5) is 4.79 Å². The Morgan fingerprint density at radius 2 is 2.12 bits per heavy atom. The molecule has 0 fully saturated rings. The first kappa shape index (κ1) is 13.4. The second-order valence-corrected chi connectivity index (χ2v) is 5.46. The first-order valence-electron chi connectivity index (χ1n) is 4.27. The SMILES string of the molecule is O=C1C=CCN(C(=O)OCC(Cl)(Cl)Cl)C=C1. The van der Waals surface area contributed by atoms with Gasteiger partial charge in [0.1, 0.15) is 6.61 Å². The Bertz CT molecular complexity index is 346. The van der Waals surface area contributed by atoms with Gasteiger partial charge in [-0.1, -0.05) is 40.9 Å². The minimum atomic E-state index is -1.64. The number of hydrogen-bond acceptors (Lipinski definition) is 3. The topological polar surface area (TPSA) is 46.6 Å². The third-order valence-electron chi connectivity index (χ3n) is 1.60. The van der Waals surface area contributed by atoms with Crippen LogP contribution in [0.1, 0.15) is 0 Å². The van der Waals surface area contributed by atoms with E-state index >= 15 is 0 Å². The number of ether oxygens (including phenoxy) is 1. The Kier molecular flexibility index (Phi) is 4.65. The van der Waals surface area contributed by atoms with Gasteiger partial charge in [-0.2, -0.15) is 0 Å². The molecule has 0 aromatic heterocycles. The number of carbonyl (C=O) groups is 2. The first-order valence-corrected chi connectivity index (χ1v) is 5.41. The Balaban J connectivity index is 2.52. The van der Waals surface area contributed by atoms with Gasteiger partial charge in [0, 0.05) is 18.8 Å². The lowest BCUT2D eigenvalue weighted by atomic mass is 10.3. The summed E-state index contributed by atoms with van der Waals surface area (Å²) in [5.41, 5.74) is 0. The second kappa shape index (κ2) is 5.57. The molecule has 1 aliphatic heterocycles. The Morgan fingerprint density at radius 3 is 2.75 bits per heavy atom. The van der Waals surface area contributed by atoms with Gasteiger partial charge in [-0.3, -0.25) is 9.69 Å². The quantitative estimate of drug-likeness (QED) is 0.695. The van der Waals surface area contributed by atoms with E-state index in [4.69, 9.17) is 39.5 Å². The molecular formula is C9H8Cl3NO3. The molecule has 0 aromatic carbocycles. The fraction of sp³-hybridized carbons (Fsp3) is 0.333. The number of amides is 1. The molecule has 0 unspecified atom stereocenters. The van der Waals surface area contributed by atoms with Crippen molar-refractivity contribution in [3.63, 3.8) is 0 Å². The van der Waals surface area contributed by atoms with Crippen molar-refractivity contribution in [1.82, 2.24) is 4.90 Å². The van der Waals surface area contributed by atoms with Gasteiger partial charge in [-0.05, 0) is 6.08 Å². The molecule has 0 bridgehead atoms. The summed E-state index contributed by atoms with van der Waals surface area (Å²) in [5, 5.41) is 0. The number of nitrogens with zero attached hydrogens (tertiary/aromatic N) is 1. The third kappa shape index (κ3) is 4.88. The molecule has 0 atom stereocenters. The average Bonchev–Trinajstić information content (AvgIpc) is 2.38. The van der Waals surface area contributed by atoms with Crippen molar-refractivity contribution >= 4 is 46.7 Å². The van der Waals surface area contributed by atoms with Gasteiger partial charge in [-0.15, -0.1) is 0 Å². The fourth-order valence-corrected chi connectivity index (χ4v) is 1.09. The summed E-state index contributed by atoms with van der Waals surface area (Å²) in [7, 11) is 0. The van der Waals surface area contributed by atoms with Crippen LogP contribution in [0, 0.1) is 0 Å². The molecule has 88 valence electrons. The molecule has 0 saturated carbocycles. The number of allylic oxidation sites excluding steroid dienone is 2. The molecule has 0 radical (unpaired) electrons. The largest absolute Gasteiger partial charge is 0.445 e. The molecule has 1 amide bonds. The van der Waals surface area contributed by atoms with Crippen molar-refractivity contribution in [3.05, 3.63) is 24.4 Å². The summed E-state index contributed by atoms with van der Waals surface area (Å²) >= 11 is 16.3. The summed E-state index contributed by atoms with van der Waals surface area (Å²) in [6.07, 6.45) is 4.79. The van der Waals surface area contributed by atoms with E-state index in [1.54, 1.807) is 6.08 Å². The van der Waals surface area contributed by atoms with E-state index in [-0.39, 0.29) is 18.9 Å².